The molecule has 1 heterocycles. The largest absolute Gasteiger partial charge is 0.493 e. The number of carbonyl (C=O) groups is 1. The average molecular weight is 276 g/mol. The molecule has 0 aliphatic carbocycles. The second-order valence-electron chi connectivity index (χ2n) is 4.08. The van der Waals surface area contributed by atoms with E-state index in [4.69, 9.17) is 14.0 Å². The Morgan fingerprint density at radius 2 is 2.15 bits per heavy atom. The third kappa shape index (κ3) is 3.09. The number of nitrogens with zero attached hydrogens (tertiary/aromatic N) is 1. The van der Waals surface area contributed by atoms with Crippen molar-refractivity contribution in [2.45, 2.75) is 13.8 Å². The fraction of sp³-hybridized carbons (Fsp3) is 0.286. The molecule has 6 nitrogen and oxygen atoms in total. The lowest BCUT2D eigenvalue weighted by Gasteiger charge is -2.10. The van der Waals surface area contributed by atoms with Crippen molar-refractivity contribution in [2.24, 2.45) is 0 Å². The zero-order chi connectivity index (χ0) is 14.5. The van der Waals surface area contributed by atoms with Crippen molar-refractivity contribution in [3.05, 3.63) is 35.6 Å². The van der Waals surface area contributed by atoms with Gasteiger partial charge in [0.25, 0.3) is 5.91 Å². The number of nitrogens with one attached hydrogen (secondary N) is 1. The summed E-state index contributed by atoms with van der Waals surface area (Å²) in [5.41, 5.74) is 0.450. The fourth-order valence-electron chi connectivity index (χ4n) is 1.70. The Hall–Kier alpha value is -2.50. The Kier molecular flexibility index (Phi) is 4.24. The number of aryl methyl sites for hydroxylation is 1. The topological polar surface area (TPSA) is 73.6 Å². The van der Waals surface area contributed by atoms with Crippen LogP contribution in [0.3, 0.4) is 0 Å². The van der Waals surface area contributed by atoms with E-state index in [0.717, 1.165) is 0 Å². The summed E-state index contributed by atoms with van der Waals surface area (Å²) in [6.07, 6.45) is 0. The van der Waals surface area contributed by atoms with Gasteiger partial charge >= 0.3 is 0 Å². The van der Waals surface area contributed by atoms with Crippen molar-refractivity contribution in [3.63, 3.8) is 0 Å². The van der Waals surface area contributed by atoms with E-state index in [1.807, 2.05) is 6.92 Å². The second-order valence-corrected chi connectivity index (χ2v) is 4.08. The van der Waals surface area contributed by atoms with Crippen LogP contribution in [0.25, 0.3) is 0 Å². The highest BCUT2D eigenvalue weighted by atomic mass is 16.5. The third-order valence-corrected chi connectivity index (χ3v) is 2.60. The van der Waals surface area contributed by atoms with Crippen molar-refractivity contribution in [2.75, 3.05) is 19.0 Å². The Balaban J connectivity index is 2.17. The minimum absolute atomic E-state index is 0.292. The Bertz CT molecular complexity index is 607. The summed E-state index contributed by atoms with van der Waals surface area (Å²) in [6, 6.07) is 6.62. The van der Waals surface area contributed by atoms with Gasteiger partial charge in [-0.15, -0.1) is 0 Å². The predicted molar refractivity (Wildman–Crippen MR) is 73.4 cm³/mol. The Morgan fingerprint density at radius 3 is 2.75 bits per heavy atom. The second kappa shape index (κ2) is 6.10. The Morgan fingerprint density at radius 1 is 1.35 bits per heavy atom. The van der Waals surface area contributed by atoms with Crippen LogP contribution in [-0.2, 0) is 0 Å². The molecule has 0 radical (unpaired) electrons. The smallest absolute Gasteiger partial charge is 0.257 e. The van der Waals surface area contributed by atoms with Crippen LogP contribution < -0.4 is 14.8 Å². The molecule has 1 amide bonds. The van der Waals surface area contributed by atoms with Gasteiger partial charge in [-0.05, 0) is 32.0 Å². The summed E-state index contributed by atoms with van der Waals surface area (Å²) in [5.74, 6) is 1.82. The molecule has 0 fully saturated rings. The lowest BCUT2D eigenvalue weighted by Crippen LogP contribution is -2.12. The average Bonchev–Trinajstić information content (AvgIpc) is 2.84. The van der Waals surface area contributed by atoms with Crippen LogP contribution >= 0.6 is 0 Å². The number of benzene rings is 1. The molecule has 0 aliphatic rings. The first-order valence-corrected chi connectivity index (χ1v) is 6.19. The van der Waals surface area contributed by atoms with E-state index in [2.05, 4.69) is 10.5 Å². The lowest BCUT2D eigenvalue weighted by atomic mass is 10.2. The molecular weight excluding hydrogens is 260 g/mol. The number of methoxy groups -OCH3 is 1. The molecule has 0 aliphatic heterocycles. The summed E-state index contributed by atoms with van der Waals surface area (Å²) < 4.78 is 15.5. The van der Waals surface area contributed by atoms with E-state index >= 15 is 0 Å². The number of ether oxygens (including phenoxy) is 2. The number of aromatic nitrogens is 1. The maximum absolute atomic E-state index is 12.1. The van der Waals surface area contributed by atoms with Crippen LogP contribution in [0.2, 0.25) is 0 Å². The number of carbonyl (C=O) groups excluding carboxylic acids is 1. The molecule has 6 heteroatoms. The van der Waals surface area contributed by atoms with Crippen molar-refractivity contribution in [3.8, 4) is 11.5 Å². The predicted octanol–water partition coefficient (Wildman–Crippen LogP) is 2.64. The van der Waals surface area contributed by atoms with Crippen molar-refractivity contribution in [1.29, 1.82) is 0 Å². The monoisotopic (exact) mass is 276 g/mol. The number of rotatable bonds is 5. The molecule has 1 aromatic heterocycles. The molecular formula is C14H16N2O4. The third-order valence-electron chi connectivity index (χ3n) is 2.60. The van der Waals surface area contributed by atoms with Crippen molar-refractivity contribution >= 4 is 11.7 Å². The number of anilines is 1. The van der Waals surface area contributed by atoms with Gasteiger partial charge in [0.2, 0.25) is 0 Å². The molecule has 20 heavy (non-hydrogen) atoms. The summed E-state index contributed by atoms with van der Waals surface area (Å²) in [5, 5.41) is 6.35. The van der Waals surface area contributed by atoms with Gasteiger partial charge < -0.3 is 19.3 Å². The summed E-state index contributed by atoms with van der Waals surface area (Å²) in [6.45, 7) is 4.16. The minimum Gasteiger partial charge on any atom is -0.493 e. The molecule has 106 valence electrons. The Labute approximate surface area is 116 Å². The van der Waals surface area contributed by atoms with Crippen LogP contribution in [0.5, 0.6) is 11.5 Å². The molecule has 0 spiro atoms. The normalized spacial score (nSPS) is 10.2. The number of amides is 1. The van der Waals surface area contributed by atoms with Gasteiger partial charge in [0.05, 0.1) is 13.7 Å². The van der Waals surface area contributed by atoms with Crippen LogP contribution in [0.4, 0.5) is 5.82 Å². The van der Waals surface area contributed by atoms with Crippen molar-refractivity contribution < 1.29 is 18.8 Å². The summed E-state index contributed by atoms with van der Waals surface area (Å²) >= 11 is 0. The van der Waals surface area contributed by atoms with E-state index in [1.54, 1.807) is 31.2 Å². The minimum atomic E-state index is -0.292. The van der Waals surface area contributed by atoms with Crippen molar-refractivity contribution in [1.82, 2.24) is 5.16 Å². The molecule has 2 aromatic rings. The van der Waals surface area contributed by atoms with Crippen LogP contribution in [-0.4, -0.2) is 24.8 Å². The standard InChI is InChI=1S/C14H16N2O4/c1-4-19-11-6-5-10(8-12(11)18-3)14(17)15-13-7-9(2)20-16-13/h5-8H,4H2,1-3H3,(H,15,16,17). The SMILES string of the molecule is CCOc1ccc(C(=O)Nc2cc(C)on2)cc1OC. The van der Waals surface area contributed by atoms with E-state index < -0.39 is 0 Å². The summed E-state index contributed by atoms with van der Waals surface area (Å²) in [7, 11) is 1.53. The zero-order valence-electron chi connectivity index (χ0n) is 11.6. The maximum Gasteiger partial charge on any atom is 0.257 e. The van der Waals surface area contributed by atoms with Gasteiger partial charge in [0, 0.05) is 11.6 Å². The van der Waals surface area contributed by atoms with Crippen LogP contribution in [0.1, 0.15) is 23.0 Å². The molecule has 0 atom stereocenters. The highest BCUT2D eigenvalue weighted by Crippen LogP contribution is 2.28. The first-order chi connectivity index (χ1) is 9.63. The highest BCUT2D eigenvalue weighted by molar-refractivity contribution is 6.04. The van der Waals surface area contributed by atoms with Crippen LogP contribution in [0.15, 0.2) is 28.8 Å². The lowest BCUT2D eigenvalue weighted by molar-refractivity contribution is 0.102. The van der Waals surface area contributed by atoms with Gasteiger partial charge in [-0.3, -0.25) is 4.79 Å². The molecule has 0 bridgehead atoms. The summed E-state index contributed by atoms with van der Waals surface area (Å²) in [4.78, 5) is 12.1. The van der Waals surface area contributed by atoms with E-state index in [0.29, 0.717) is 35.2 Å². The molecule has 1 N–H and O–H groups in total. The molecule has 2 rings (SSSR count). The number of hydrogen-bond acceptors (Lipinski definition) is 5. The first-order valence-electron chi connectivity index (χ1n) is 6.19. The quantitative estimate of drug-likeness (QED) is 0.908. The van der Waals surface area contributed by atoms with Gasteiger partial charge in [0.1, 0.15) is 5.76 Å². The fourth-order valence-corrected chi connectivity index (χ4v) is 1.70. The molecule has 0 saturated heterocycles. The molecule has 0 saturated carbocycles. The van der Waals surface area contributed by atoms with E-state index in [1.165, 1.54) is 7.11 Å². The first kappa shape index (κ1) is 13.9. The molecule has 0 unspecified atom stereocenters. The van der Waals surface area contributed by atoms with Crippen LogP contribution in [0, 0.1) is 6.92 Å². The van der Waals surface area contributed by atoms with Gasteiger partial charge in [0.15, 0.2) is 17.3 Å². The van der Waals surface area contributed by atoms with E-state index in [9.17, 15) is 4.79 Å². The zero-order valence-corrected chi connectivity index (χ0v) is 11.6. The van der Waals surface area contributed by atoms with E-state index in [-0.39, 0.29) is 5.91 Å². The van der Waals surface area contributed by atoms with Gasteiger partial charge in [-0.25, -0.2) is 0 Å². The highest BCUT2D eigenvalue weighted by Gasteiger charge is 2.12. The number of hydrogen-bond donors (Lipinski definition) is 1. The van der Waals surface area contributed by atoms with Gasteiger partial charge in [-0.2, -0.15) is 0 Å². The van der Waals surface area contributed by atoms with Gasteiger partial charge in [-0.1, -0.05) is 5.16 Å². The molecule has 1 aromatic carbocycles. The maximum atomic E-state index is 12.1.